The van der Waals surface area contributed by atoms with Crippen LogP contribution in [0, 0.1) is 5.92 Å². The van der Waals surface area contributed by atoms with Crippen molar-refractivity contribution in [2.24, 2.45) is 11.7 Å². The van der Waals surface area contributed by atoms with Gasteiger partial charge in [0.2, 0.25) is 5.91 Å². The summed E-state index contributed by atoms with van der Waals surface area (Å²) in [5.74, 6) is -0.130. The van der Waals surface area contributed by atoms with Gasteiger partial charge in [0.1, 0.15) is 11.6 Å². The highest BCUT2D eigenvalue weighted by Crippen LogP contribution is 2.23. The minimum atomic E-state index is -0.529. The van der Waals surface area contributed by atoms with Gasteiger partial charge >= 0.3 is 5.97 Å². The quantitative estimate of drug-likeness (QED) is 0.764. The zero-order chi connectivity index (χ0) is 14.6. The number of likely N-dealkylation sites (tertiary alicyclic amines) is 1. The molecule has 2 N–H and O–H groups in total. The lowest BCUT2D eigenvalue weighted by molar-refractivity contribution is -0.164. The molecular weight excluding hydrogens is 244 g/mol. The molecule has 5 nitrogen and oxygen atoms in total. The van der Waals surface area contributed by atoms with E-state index in [2.05, 4.69) is 0 Å². The van der Waals surface area contributed by atoms with Crippen molar-refractivity contribution in [2.45, 2.75) is 58.6 Å². The fourth-order valence-corrected chi connectivity index (χ4v) is 2.31. The standard InChI is InChI=1S/C14H26N2O3/c1-5-6-11(13(18)19-14(2,3)4)16-9-10(8-15)7-12(16)17/h10-11H,5-9,15H2,1-4H3. The Kier molecular flexibility index (Phi) is 5.35. The number of nitrogens with zero attached hydrogens (tertiary/aromatic N) is 1. The molecule has 1 amide bonds. The first-order valence-corrected chi connectivity index (χ1v) is 7.01. The van der Waals surface area contributed by atoms with Gasteiger partial charge in [-0.25, -0.2) is 4.79 Å². The molecule has 1 fully saturated rings. The minimum absolute atomic E-state index is 0.0137. The normalized spacial score (nSPS) is 21.6. The van der Waals surface area contributed by atoms with Gasteiger partial charge in [-0.05, 0) is 39.7 Å². The second-order valence-electron chi connectivity index (χ2n) is 6.19. The molecule has 0 saturated carbocycles. The van der Waals surface area contributed by atoms with Crippen LogP contribution in [0.5, 0.6) is 0 Å². The number of carbonyl (C=O) groups is 2. The van der Waals surface area contributed by atoms with Crippen LogP contribution in [-0.4, -0.2) is 41.5 Å². The van der Waals surface area contributed by atoms with Crippen LogP contribution in [0.4, 0.5) is 0 Å². The summed E-state index contributed by atoms with van der Waals surface area (Å²) in [6.07, 6.45) is 1.92. The van der Waals surface area contributed by atoms with Crippen LogP contribution in [0.25, 0.3) is 0 Å². The largest absolute Gasteiger partial charge is 0.458 e. The van der Waals surface area contributed by atoms with E-state index in [1.54, 1.807) is 4.90 Å². The summed E-state index contributed by atoms with van der Waals surface area (Å²) in [6.45, 7) is 8.56. The third-order valence-corrected chi connectivity index (χ3v) is 3.19. The van der Waals surface area contributed by atoms with Crippen LogP contribution < -0.4 is 5.73 Å². The first-order valence-electron chi connectivity index (χ1n) is 7.01. The second kappa shape index (κ2) is 6.37. The van der Waals surface area contributed by atoms with Crippen molar-refractivity contribution in [2.75, 3.05) is 13.1 Å². The maximum Gasteiger partial charge on any atom is 0.329 e. The van der Waals surface area contributed by atoms with Gasteiger partial charge in [-0.1, -0.05) is 13.3 Å². The van der Waals surface area contributed by atoms with Gasteiger partial charge in [-0.3, -0.25) is 4.79 Å². The molecule has 19 heavy (non-hydrogen) atoms. The molecule has 0 radical (unpaired) electrons. The van der Waals surface area contributed by atoms with Crippen molar-refractivity contribution in [3.05, 3.63) is 0 Å². The molecule has 0 aliphatic carbocycles. The number of ether oxygens (including phenoxy) is 1. The summed E-state index contributed by atoms with van der Waals surface area (Å²) >= 11 is 0. The lowest BCUT2D eigenvalue weighted by atomic mass is 10.1. The monoisotopic (exact) mass is 270 g/mol. The van der Waals surface area contributed by atoms with Crippen LogP contribution in [0.15, 0.2) is 0 Å². The Morgan fingerprint density at radius 1 is 1.53 bits per heavy atom. The molecule has 1 saturated heterocycles. The molecule has 1 aliphatic heterocycles. The van der Waals surface area contributed by atoms with Gasteiger partial charge in [0.15, 0.2) is 0 Å². The molecule has 5 heteroatoms. The number of nitrogens with two attached hydrogens (primary N) is 1. The molecule has 2 unspecified atom stereocenters. The fraction of sp³-hybridized carbons (Fsp3) is 0.857. The molecule has 1 rings (SSSR count). The molecular formula is C14H26N2O3. The van der Waals surface area contributed by atoms with E-state index in [1.807, 2.05) is 27.7 Å². The first-order chi connectivity index (χ1) is 8.78. The summed E-state index contributed by atoms with van der Waals surface area (Å²) in [6, 6.07) is -0.465. The average Bonchev–Trinajstić information content (AvgIpc) is 2.65. The number of carbonyl (C=O) groups excluding carboxylic acids is 2. The summed E-state index contributed by atoms with van der Waals surface area (Å²) in [4.78, 5) is 25.9. The van der Waals surface area contributed by atoms with E-state index in [1.165, 1.54) is 0 Å². The van der Waals surface area contributed by atoms with E-state index in [0.29, 0.717) is 25.9 Å². The van der Waals surface area contributed by atoms with Crippen LogP contribution in [0.2, 0.25) is 0 Å². The first kappa shape index (κ1) is 16.0. The SMILES string of the molecule is CCCC(C(=O)OC(C)(C)C)N1CC(CN)CC1=O. The Bertz CT molecular complexity index is 336. The highest BCUT2D eigenvalue weighted by Gasteiger charge is 2.38. The zero-order valence-electron chi connectivity index (χ0n) is 12.4. The van der Waals surface area contributed by atoms with Crippen LogP contribution in [-0.2, 0) is 14.3 Å². The van der Waals surface area contributed by atoms with Gasteiger partial charge in [-0.2, -0.15) is 0 Å². The maximum atomic E-state index is 12.2. The second-order valence-corrected chi connectivity index (χ2v) is 6.19. The molecule has 0 aromatic carbocycles. The Labute approximate surface area is 115 Å². The summed E-state index contributed by atoms with van der Waals surface area (Å²) in [5.41, 5.74) is 5.09. The topological polar surface area (TPSA) is 72.6 Å². The Hall–Kier alpha value is -1.10. The van der Waals surface area contributed by atoms with Crippen LogP contribution in [0.1, 0.15) is 47.0 Å². The highest BCUT2D eigenvalue weighted by molar-refractivity contribution is 5.86. The molecule has 2 atom stereocenters. The van der Waals surface area contributed by atoms with Crippen molar-refractivity contribution in [1.29, 1.82) is 0 Å². The Balaban J connectivity index is 2.77. The van der Waals surface area contributed by atoms with Crippen molar-refractivity contribution in [3.8, 4) is 0 Å². The number of esters is 1. The predicted molar refractivity (Wildman–Crippen MR) is 73.4 cm³/mol. The van der Waals surface area contributed by atoms with Gasteiger partial charge in [0.05, 0.1) is 0 Å². The van der Waals surface area contributed by atoms with Crippen molar-refractivity contribution >= 4 is 11.9 Å². The van der Waals surface area contributed by atoms with Crippen LogP contribution in [0.3, 0.4) is 0 Å². The molecule has 0 aromatic heterocycles. The smallest absolute Gasteiger partial charge is 0.329 e. The van der Waals surface area contributed by atoms with E-state index in [9.17, 15) is 9.59 Å². The van der Waals surface area contributed by atoms with Crippen molar-refractivity contribution < 1.29 is 14.3 Å². The van der Waals surface area contributed by atoms with Crippen LogP contribution >= 0.6 is 0 Å². The van der Waals surface area contributed by atoms with Gasteiger partial charge in [0.25, 0.3) is 0 Å². The van der Waals surface area contributed by atoms with E-state index >= 15 is 0 Å². The van der Waals surface area contributed by atoms with Gasteiger partial charge < -0.3 is 15.4 Å². The fourth-order valence-electron chi connectivity index (χ4n) is 2.31. The molecule has 110 valence electrons. The Morgan fingerprint density at radius 2 is 2.16 bits per heavy atom. The maximum absolute atomic E-state index is 12.2. The van der Waals surface area contributed by atoms with Gasteiger partial charge in [0, 0.05) is 13.0 Å². The molecule has 0 aromatic rings. The minimum Gasteiger partial charge on any atom is -0.458 e. The molecule has 0 spiro atoms. The number of hydrogen-bond acceptors (Lipinski definition) is 4. The Morgan fingerprint density at radius 3 is 2.58 bits per heavy atom. The van der Waals surface area contributed by atoms with E-state index in [-0.39, 0.29) is 17.8 Å². The third kappa shape index (κ3) is 4.49. The zero-order valence-corrected chi connectivity index (χ0v) is 12.4. The third-order valence-electron chi connectivity index (χ3n) is 3.19. The van der Waals surface area contributed by atoms with Crippen molar-refractivity contribution in [3.63, 3.8) is 0 Å². The molecule has 0 bridgehead atoms. The highest BCUT2D eigenvalue weighted by atomic mass is 16.6. The summed E-state index contributed by atoms with van der Waals surface area (Å²) < 4.78 is 5.42. The van der Waals surface area contributed by atoms with Gasteiger partial charge in [-0.15, -0.1) is 0 Å². The number of amides is 1. The number of hydrogen-bond donors (Lipinski definition) is 1. The lowest BCUT2D eigenvalue weighted by Crippen LogP contribution is -2.45. The van der Waals surface area contributed by atoms with E-state index < -0.39 is 11.6 Å². The average molecular weight is 270 g/mol. The van der Waals surface area contributed by atoms with E-state index in [4.69, 9.17) is 10.5 Å². The molecule has 1 heterocycles. The number of rotatable bonds is 5. The van der Waals surface area contributed by atoms with Crippen molar-refractivity contribution in [1.82, 2.24) is 4.90 Å². The molecule has 1 aliphatic rings. The lowest BCUT2D eigenvalue weighted by Gasteiger charge is -2.29. The summed E-state index contributed by atoms with van der Waals surface area (Å²) in [5, 5.41) is 0. The van der Waals surface area contributed by atoms with E-state index in [0.717, 1.165) is 6.42 Å². The predicted octanol–water partition coefficient (Wildman–Crippen LogP) is 1.30. The summed E-state index contributed by atoms with van der Waals surface area (Å²) in [7, 11) is 0.